The molecule has 2 aromatic heterocycles. The molecule has 0 spiro atoms. The van der Waals surface area contributed by atoms with Crippen LogP contribution in [0.5, 0.6) is 0 Å². The maximum Gasteiger partial charge on any atom is 0.261 e. The molecule has 1 saturated heterocycles. The Labute approximate surface area is 131 Å². The molecule has 7 heteroatoms. The van der Waals surface area contributed by atoms with E-state index in [1.807, 2.05) is 19.1 Å². The summed E-state index contributed by atoms with van der Waals surface area (Å²) in [7, 11) is 0. The third kappa shape index (κ3) is 2.63. The molecule has 118 valence electrons. The summed E-state index contributed by atoms with van der Waals surface area (Å²) in [6, 6.07) is 5.59. The highest BCUT2D eigenvalue weighted by molar-refractivity contribution is 5.77. The minimum atomic E-state index is -0.120. The van der Waals surface area contributed by atoms with E-state index in [0.29, 0.717) is 22.6 Å². The first-order chi connectivity index (χ1) is 11.2. The monoisotopic (exact) mass is 312 g/mol. The summed E-state index contributed by atoms with van der Waals surface area (Å²) in [5.74, 6) is 0.931. The lowest BCUT2D eigenvalue weighted by atomic mass is 10.2. The number of aromatic nitrogens is 4. The van der Waals surface area contributed by atoms with Gasteiger partial charge in [-0.3, -0.25) is 9.36 Å². The molecule has 1 aliphatic rings. The zero-order valence-corrected chi connectivity index (χ0v) is 12.7. The van der Waals surface area contributed by atoms with E-state index in [2.05, 4.69) is 15.1 Å². The first-order valence-corrected chi connectivity index (χ1v) is 7.60. The second-order valence-corrected chi connectivity index (χ2v) is 5.75. The molecule has 0 saturated carbocycles. The predicted molar refractivity (Wildman–Crippen MR) is 82.1 cm³/mol. The summed E-state index contributed by atoms with van der Waals surface area (Å²) in [6.07, 6.45) is 3.28. The third-order valence-electron chi connectivity index (χ3n) is 3.98. The van der Waals surface area contributed by atoms with Gasteiger partial charge in [-0.25, -0.2) is 4.98 Å². The lowest BCUT2D eigenvalue weighted by Crippen LogP contribution is -2.21. The van der Waals surface area contributed by atoms with Gasteiger partial charge in [0, 0.05) is 6.61 Å². The summed E-state index contributed by atoms with van der Waals surface area (Å²) in [5.41, 5.74) is 1.65. The number of ether oxygens (including phenoxy) is 1. The van der Waals surface area contributed by atoms with Gasteiger partial charge in [0.05, 0.1) is 23.8 Å². The van der Waals surface area contributed by atoms with Gasteiger partial charge >= 0.3 is 0 Å². The minimum Gasteiger partial charge on any atom is -0.368 e. The molecule has 3 heterocycles. The molecule has 0 radical (unpaired) electrons. The molecular formula is C16H16N4O3. The normalized spacial score (nSPS) is 17.9. The van der Waals surface area contributed by atoms with Crippen molar-refractivity contribution in [2.24, 2.45) is 0 Å². The molecule has 0 bridgehead atoms. The van der Waals surface area contributed by atoms with Gasteiger partial charge in [0.2, 0.25) is 0 Å². The van der Waals surface area contributed by atoms with Gasteiger partial charge in [0.15, 0.2) is 5.82 Å². The third-order valence-corrected chi connectivity index (χ3v) is 3.98. The van der Waals surface area contributed by atoms with E-state index >= 15 is 0 Å². The largest absolute Gasteiger partial charge is 0.368 e. The molecule has 0 amide bonds. The fourth-order valence-electron chi connectivity index (χ4n) is 2.77. The summed E-state index contributed by atoms with van der Waals surface area (Å²) in [5, 5.41) is 4.52. The van der Waals surface area contributed by atoms with Crippen molar-refractivity contribution in [1.29, 1.82) is 0 Å². The summed E-state index contributed by atoms with van der Waals surface area (Å²) < 4.78 is 12.2. The van der Waals surface area contributed by atoms with Crippen molar-refractivity contribution in [2.45, 2.75) is 32.4 Å². The Bertz CT molecular complexity index is 909. The fourth-order valence-corrected chi connectivity index (χ4v) is 2.77. The maximum atomic E-state index is 12.5. The van der Waals surface area contributed by atoms with Crippen LogP contribution < -0.4 is 5.56 Å². The quantitative estimate of drug-likeness (QED) is 0.735. The Balaban J connectivity index is 1.64. The molecule has 0 aliphatic carbocycles. The minimum absolute atomic E-state index is 0.113. The van der Waals surface area contributed by atoms with E-state index in [1.165, 1.54) is 10.9 Å². The van der Waals surface area contributed by atoms with Gasteiger partial charge in [0.1, 0.15) is 6.10 Å². The smallest absolute Gasteiger partial charge is 0.261 e. The second kappa shape index (κ2) is 5.58. The van der Waals surface area contributed by atoms with Crippen LogP contribution in [-0.2, 0) is 11.3 Å². The Kier molecular flexibility index (Phi) is 3.42. The summed E-state index contributed by atoms with van der Waals surface area (Å²) in [4.78, 5) is 21.2. The van der Waals surface area contributed by atoms with Crippen LogP contribution in [0.15, 0.2) is 33.8 Å². The van der Waals surface area contributed by atoms with Crippen molar-refractivity contribution in [3.05, 3.63) is 52.2 Å². The Hall–Kier alpha value is -2.54. The summed E-state index contributed by atoms with van der Waals surface area (Å²) >= 11 is 0. The molecule has 3 aromatic rings. The molecule has 0 unspecified atom stereocenters. The van der Waals surface area contributed by atoms with Crippen molar-refractivity contribution in [3.8, 4) is 0 Å². The van der Waals surface area contributed by atoms with Crippen molar-refractivity contribution in [2.75, 3.05) is 6.61 Å². The molecule has 7 nitrogen and oxygen atoms in total. The molecule has 23 heavy (non-hydrogen) atoms. The van der Waals surface area contributed by atoms with Gasteiger partial charge in [-0.05, 0) is 37.5 Å². The van der Waals surface area contributed by atoms with Gasteiger partial charge in [-0.2, -0.15) is 4.98 Å². The average Bonchev–Trinajstić information content (AvgIpc) is 3.21. The maximum absolute atomic E-state index is 12.5. The molecule has 1 atom stereocenters. The van der Waals surface area contributed by atoms with E-state index in [4.69, 9.17) is 9.26 Å². The zero-order chi connectivity index (χ0) is 15.8. The first-order valence-electron chi connectivity index (χ1n) is 7.60. The molecule has 0 N–H and O–H groups in total. The number of rotatable bonds is 3. The van der Waals surface area contributed by atoms with Crippen LogP contribution in [0.1, 0.15) is 36.2 Å². The van der Waals surface area contributed by atoms with Crippen LogP contribution in [-0.4, -0.2) is 26.3 Å². The Morgan fingerprint density at radius 1 is 1.39 bits per heavy atom. The highest BCUT2D eigenvalue weighted by atomic mass is 16.5. The Morgan fingerprint density at radius 3 is 3.13 bits per heavy atom. The molecule has 1 aliphatic heterocycles. The van der Waals surface area contributed by atoms with Crippen molar-refractivity contribution in [1.82, 2.24) is 19.7 Å². The van der Waals surface area contributed by atoms with E-state index in [0.717, 1.165) is 25.0 Å². The van der Waals surface area contributed by atoms with Crippen molar-refractivity contribution < 1.29 is 9.26 Å². The topological polar surface area (TPSA) is 83.0 Å². The molecular weight excluding hydrogens is 296 g/mol. The van der Waals surface area contributed by atoms with Crippen LogP contribution in [0.3, 0.4) is 0 Å². The van der Waals surface area contributed by atoms with Crippen LogP contribution in [0.4, 0.5) is 0 Å². The van der Waals surface area contributed by atoms with Crippen molar-refractivity contribution >= 4 is 10.9 Å². The number of fused-ring (bicyclic) bond motifs is 1. The number of nitrogens with zero attached hydrogens (tertiary/aromatic N) is 4. The number of aryl methyl sites for hydroxylation is 1. The van der Waals surface area contributed by atoms with E-state index in [-0.39, 0.29) is 18.2 Å². The van der Waals surface area contributed by atoms with Crippen LogP contribution in [0, 0.1) is 6.92 Å². The van der Waals surface area contributed by atoms with Crippen molar-refractivity contribution in [3.63, 3.8) is 0 Å². The predicted octanol–water partition coefficient (Wildman–Crippen LogP) is 1.99. The second-order valence-electron chi connectivity index (χ2n) is 5.75. The number of hydrogen-bond acceptors (Lipinski definition) is 6. The zero-order valence-electron chi connectivity index (χ0n) is 12.7. The SMILES string of the molecule is Cc1ccc2c(=O)n(Cc3noc([C@H]4CCCO4)n3)cnc2c1. The number of benzene rings is 1. The summed E-state index contributed by atoms with van der Waals surface area (Å²) in [6.45, 7) is 2.92. The van der Waals surface area contributed by atoms with Crippen LogP contribution in [0.2, 0.25) is 0 Å². The highest BCUT2D eigenvalue weighted by Crippen LogP contribution is 2.26. The van der Waals surface area contributed by atoms with E-state index in [9.17, 15) is 4.79 Å². The van der Waals surface area contributed by atoms with Crippen LogP contribution >= 0.6 is 0 Å². The average molecular weight is 312 g/mol. The Morgan fingerprint density at radius 2 is 2.30 bits per heavy atom. The van der Waals surface area contributed by atoms with Gasteiger partial charge in [-0.15, -0.1) is 0 Å². The molecule has 4 rings (SSSR count). The van der Waals surface area contributed by atoms with Gasteiger partial charge in [0.25, 0.3) is 11.4 Å². The number of hydrogen-bond donors (Lipinski definition) is 0. The first kappa shape index (κ1) is 14.1. The fraction of sp³-hybridized carbons (Fsp3) is 0.375. The van der Waals surface area contributed by atoms with E-state index in [1.54, 1.807) is 6.07 Å². The lowest BCUT2D eigenvalue weighted by Gasteiger charge is -2.04. The standard InChI is InChI=1S/C16H16N4O3/c1-10-4-5-11-12(7-10)17-9-20(16(11)21)8-14-18-15(23-19-14)13-3-2-6-22-13/h4-5,7,9,13H,2-3,6,8H2,1H3/t13-/m1/s1. The lowest BCUT2D eigenvalue weighted by molar-refractivity contribution is 0.0835. The van der Waals surface area contributed by atoms with Crippen LogP contribution in [0.25, 0.3) is 10.9 Å². The molecule has 1 fully saturated rings. The van der Waals surface area contributed by atoms with Gasteiger partial charge in [-0.1, -0.05) is 11.2 Å². The van der Waals surface area contributed by atoms with E-state index < -0.39 is 0 Å². The molecule has 1 aromatic carbocycles. The van der Waals surface area contributed by atoms with Gasteiger partial charge < -0.3 is 9.26 Å². The highest BCUT2D eigenvalue weighted by Gasteiger charge is 2.24.